The normalized spacial score (nSPS) is 10.6. The van der Waals surface area contributed by atoms with Crippen molar-refractivity contribution in [1.29, 1.82) is 0 Å². The Kier molecular flexibility index (Phi) is 6.73. The number of halogens is 3. The molecule has 0 aliphatic carbocycles. The minimum atomic E-state index is -4.40. The van der Waals surface area contributed by atoms with Crippen molar-refractivity contribution in [2.24, 2.45) is 0 Å². The number of hydrogen-bond acceptors (Lipinski definition) is 2. The van der Waals surface area contributed by atoms with E-state index in [0.29, 0.717) is 6.54 Å². The smallest absolute Gasteiger partial charge is 0.395 e. The Labute approximate surface area is 126 Å². The van der Waals surface area contributed by atoms with Crippen LogP contribution in [0.1, 0.15) is 18.1 Å². The Morgan fingerprint density at radius 3 is 2.73 bits per heavy atom. The number of carbonyl (C=O) groups is 1. The summed E-state index contributed by atoms with van der Waals surface area (Å²) in [6, 6.07) is 4.30. The maximum absolute atomic E-state index is 12.5. The Morgan fingerprint density at radius 2 is 2.14 bits per heavy atom. The lowest BCUT2D eigenvalue weighted by molar-refractivity contribution is -0.137. The van der Waals surface area contributed by atoms with Crippen LogP contribution in [0.5, 0.6) is 0 Å². The van der Waals surface area contributed by atoms with Crippen LogP contribution in [0.25, 0.3) is 0 Å². The number of carbonyl (C=O) groups excluding carboxylic acids is 1. The predicted octanol–water partition coefficient (Wildman–Crippen LogP) is 2.08. The highest BCUT2D eigenvalue weighted by Crippen LogP contribution is 2.29. The first-order valence-electron chi connectivity index (χ1n) is 6.68. The largest absolute Gasteiger partial charge is 0.416 e. The molecule has 4 nitrogen and oxygen atoms in total. The molecule has 0 saturated heterocycles. The lowest BCUT2D eigenvalue weighted by atomic mass is 10.1. The molecule has 0 bridgehead atoms. The van der Waals surface area contributed by atoms with Crippen LogP contribution in [-0.2, 0) is 6.18 Å². The van der Waals surface area contributed by atoms with Gasteiger partial charge in [-0.15, -0.1) is 0 Å². The first-order chi connectivity index (χ1) is 10.4. The summed E-state index contributed by atoms with van der Waals surface area (Å²) in [4.78, 5) is 13.0. The fraction of sp³-hybridized carbons (Fsp3) is 0.400. The number of urea groups is 1. The molecule has 0 heterocycles. The highest BCUT2D eigenvalue weighted by atomic mass is 19.4. The second kappa shape index (κ2) is 8.29. The van der Waals surface area contributed by atoms with Gasteiger partial charge in [-0.1, -0.05) is 17.9 Å². The number of nitrogens with one attached hydrogen (secondary N) is 1. The van der Waals surface area contributed by atoms with E-state index in [1.807, 2.05) is 0 Å². The zero-order chi connectivity index (χ0) is 16.6. The van der Waals surface area contributed by atoms with E-state index in [1.54, 1.807) is 6.92 Å². The molecule has 2 amide bonds. The van der Waals surface area contributed by atoms with E-state index >= 15 is 0 Å². The van der Waals surface area contributed by atoms with E-state index in [1.165, 1.54) is 17.0 Å². The number of aliphatic hydroxyl groups excluding tert-OH is 1. The van der Waals surface area contributed by atoms with Crippen molar-refractivity contribution in [3.05, 3.63) is 35.4 Å². The van der Waals surface area contributed by atoms with Crippen molar-refractivity contribution < 1.29 is 23.1 Å². The molecular formula is C15H17F3N2O2. The lowest BCUT2D eigenvalue weighted by Gasteiger charge is -2.19. The van der Waals surface area contributed by atoms with Crippen molar-refractivity contribution in [2.75, 3.05) is 26.2 Å². The van der Waals surface area contributed by atoms with Gasteiger partial charge in [-0.05, 0) is 25.1 Å². The van der Waals surface area contributed by atoms with Gasteiger partial charge in [0, 0.05) is 18.7 Å². The van der Waals surface area contributed by atoms with Gasteiger partial charge in [-0.3, -0.25) is 0 Å². The third kappa shape index (κ3) is 5.66. The first kappa shape index (κ1) is 17.9. The highest BCUT2D eigenvalue weighted by Gasteiger charge is 2.30. The fourth-order valence-corrected chi connectivity index (χ4v) is 1.68. The predicted molar refractivity (Wildman–Crippen MR) is 76.1 cm³/mol. The zero-order valence-electron chi connectivity index (χ0n) is 12.1. The molecule has 1 rings (SSSR count). The molecule has 7 heteroatoms. The number of nitrogens with zero attached hydrogens (tertiary/aromatic N) is 1. The molecule has 0 aliphatic rings. The van der Waals surface area contributed by atoms with Gasteiger partial charge in [-0.2, -0.15) is 13.2 Å². The number of alkyl halides is 3. The third-order valence-electron chi connectivity index (χ3n) is 2.79. The van der Waals surface area contributed by atoms with Gasteiger partial charge in [0.1, 0.15) is 0 Å². The molecule has 22 heavy (non-hydrogen) atoms. The molecule has 0 saturated carbocycles. The van der Waals surface area contributed by atoms with Crippen LogP contribution < -0.4 is 5.32 Å². The molecular weight excluding hydrogens is 297 g/mol. The highest BCUT2D eigenvalue weighted by molar-refractivity contribution is 5.74. The van der Waals surface area contributed by atoms with Crippen LogP contribution in [-0.4, -0.2) is 42.3 Å². The maximum Gasteiger partial charge on any atom is 0.416 e. The molecule has 0 spiro atoms. The SMILES string of the molecule is CCN(CCO)C(=O)NCC#Cc1cccc(C(F)(F)F)c1. The van der Waals surface area contributed by atoms with Crippen LogP contribution in [0.4, 0.5) is 18.0 Å². The van der Waals surface area contributed by atoms with Crippen LogP contribution in [0, 0.1) is 11.8 Å². The van der Waals surface area contributed by atoms with Gasteiger partial charge in [0.25, 0.3) is 0 Å². The molecule has 0 aliphatic heterocycles. The van der Waals surface area contributed by atoms with E-state index in [0.717, 1.165) is 12.1 Å². The number of amides is 2. The van der Waals surface area contributed by atoms with Gasteiger partial charge >= 0.3 is 12.2 Å². The summed E-state index contributed by atoms with van der Waals surface area (Å²) in [5.74, 6) is 5.16. The summed E-state index contributed by atoms with van der Waals surface area (Å²) in [6.07, 6.45) is -4.40. The van der Waals surface area contributed by atoms with Crippen molar-refractivity contribution >= 4 is 6.03 Å². The van der Waals surface area contributed by atoms with Gasteiger partial charge < -0.3 is 15.3 Å². The average molecular weight is 314 g/mol. The molecule has 0 radical (unpaired) electrons. The Morgan fingerprint density at radius 1 is 1.41 bits per heavy atom. The second-order valence-corrected chi connectivity index (χ2v) is 4.34. The lowest BCUT2D eigenvalue weighted by Crippen LogP contribution is -2.41. The van der Waals surface area contributed by atoms with Crippen LogP contribution in [0.2, 0.25) is 0 Å². The van der Waals surface area contributed by atoms with Crippen molar-refractivity contribution in [3.8, 4) is 11.8 Å². The number of benzene rings is 1. The maximum atomic E-state index is 12.5. The van der Waals surface area contributed by atoms with Gasteiger partial charge in [-0.25, -0.2) is 4.79 Å². The fourth-order valence-electron chi connectivity index (χ4n) is 1.68. The second-order valence-electron chi connectivity index (χ2n) is 4.34. The molecule has 0 unspecified atom stereocenters. The zero-order valence-corrected chi connectivity index (χ0v) is 12.1. The summed E-state index contributed by atoms with van der Waals surface area (Å²) in [5.41, 5.74) is -0.532. The topological polar surface area (TPSA) is 52.6 Å². The molecule has 120 valence electrons. The van der Waals surface area contributed by atoms with Gasteiger partial charge in [0.05, 0.1) is 18.7 Å². The molecule has 0 atom stereocenters. The van der Waals surface area contributed by atoms with Gasteiger partial charge in [0.15, 0.2) is 0 Å². The van der Waals surface area contributed by atoms with E-state index in [9.17, 15) is 18.0 Å². The molecule has 0 fully saturated rings. The number of hydrogen-bond donors (Lipinski definition) is 2. The van der Waals surface area contributed by atoms with Crippen molar-refractivity contribution in [1.82, 2.24) is 10.2 Å². The molecule has 1 aromatic rings. The monoisotopic (exact) mass is 314 g/mol. The van der Waals surface area contributed by atoms with Crippen molar-refractivity contribution in [2.45, 2.75) is 13.1 Å². The van der Waals surface area contributed by atoms with E-state index in [-0.39, 0.29) is 31.3 Å². The quantitative estimate of drug-likeness (QED) is 0.836. The summed E-state index contributed by atoms with van der Waals surface area (Å²) >= 11 is 0. The van der Waals surface area contributed by atoms with E-state index in [2.05, 4.69) is 17.2 Å². The number of aliphatic hydroxyl groups is 1. The molecule has 2 N–H and O–H groups in total. The molecule has 1 aromatic carbocycles. The summed E-state index contributed by atoms with van der Waals surface area (Å²) in [5, 5.41) is 11.3. The Bertz CT molecular complexity index is 562. The summed E-state index contributed by atoms with van der Waals surface area (Å²) in [7, 11) is 0. The minimum Gasteiger partial charge on any atom is -0.395 e. The Balaban J connectivity index is 2.60. The molecule has 0 aromatic heterocycles. The summed E-state index contributed by atoms with van der Waals surface area (Å²) < 4.78 is 37.6. The van der Waals surface area contributed by atoms with E-state index in [4.69, 9.17) is 5.11 Å². The third-order valence-corrected chi connectivity index (χ3v) is 2.79. The number of rotatable bonds is 4. The van der Waals surface area contributed by atoms with E-state index < -0.39 is 11.7 Å². The van der Waals surface area contributed by atoms with Crippen LogP contribution >= 0.6 is 0 Å². The first-order valence-corrected chi connectivity index (χ1v) is 6.68. The van der Waals surface area contributed by atoms with Crippen molar-refractivity contribution in [3.63, 3.8) is 0 Å². The van der Waals surface area contributed by atoms with Crippen LogP contribution in [0.3, 0.4) is 0 Å². The Hall–Kier alpha value is -2.20. The summed E-state index contributed by atoms with van der Waals surface area (Å²) in [6.45, 7) is 2.29. The minimum absolute atomic E-state index is 0.0109. The van der Waals surface area contributed by atoms with Gasteiger partial charge in [0.2, 0.25) is 0 Å². The number of likely N-dealkylation sites (N-methyl/N-ethyl adjacent to an activating group) is 1. The average Bonchev–Trinajstić information content (AvgIpc) is 2.48. The standard InChI is InChI=1S/C15H17F3N2O2/c1-2-20(9-10-21)14(22)19-8-4-6-12-5-3-7-13(11-12)15(16,17)18/h3,5,7,11,21H,2,8-10H2,1H3,(H,19,22). The van der Waals surface area contributed by atoms with Crippen LogP contribution in [0.15, 0.2) is 24.3 Å².